The van der Waals surface area contributed by atoms with Crippen LogP contribution in [0.1, 0.15) is 12.1 Å². The van der Waals surface area contributed by atoms with Crippen LogP contribution in [-0.2, 0) is 6.18 Å². The van der Waals surface area contributed by atoms with Crippen LogP contribution in [0.4, 0.5) is 18.9 Å². The van der Waals surface area contributed by atoms with E-state index in [1.807, 2.05) is 4.90 Å². The summed E-state index contributed by atoms with van der Waals surface area (Å²) in [5.41, 5.74) is 0.0307. The summed E-state index contributed by atoms with van der Waals surface area (Å²) >= 11 is 6.02. The zero-order valence-electron chi connectivity index (χ0n) is 11.8. The van der Waals surface area contributed by atoms with Gasteiger partial charge < -0.3 is 10.2 Å². The van der Waals surface area contributed by atoms with E-state index in [-0.39, 0.29) is 0 Å². The Hall–Kier alpha value is -1.53. The molecule has 1 aromatic carbocycles. The lowest BCUT2D eigenvalue weighted by atomic mass is 10.1. The number of fused-ring (bicyclic) bond motifs is 1. The monoisotopic (exact) mass is 330 g/mol. The van der Waals surface area contributed by atoms with Gasteiger partial charge >= 0.3 is 6.18 Å². The van der Waals surface area contributed by atoms with E-state index in [2.05, 4.69) is 10.3 Å². The van der Waals surface area contributed by atoms with Crippen LogP contribution < -0.4 is 10.2 Å². The minimum absolute atomic E-state index is 0.322. The number of pyridine rings is 1. The molecule has 0 bridgehead atoms. The molecule has 3 nitrogen and oxygen atoms in total. The molecule has 1 aromatic heterocycles. The van der Waals surface area contributed by atoms with Crippen LogP contribution in [0.15, 0.2) is 24.3 Å². The van der Waals surface area contributed by atoms with Gasteiger partial charge in [0.25, 0.3) is 0 Å². The lowest BCUT2D eigenvalue weighted by molar-refractivity contribution is -0.650. The van der Waals surface area contributed by atoms with Crippen molar-refractivity contribution in [3.63, 3.8) is 0 Å². The number of hydrogen-bond donors (Lipinski definition) is 1. The maximum Gasteiger partial charge on any atom is 0.433 e. The van der Waals surface area contributed by atoms with E-state index in [0.29, 0.717) is 28.2 Å². The summed E-state index contributed by atoms with van der Waals surface area (Å²) in [6, 6.07) is 5.94. The predicted molar refractivity (Wildman–Crippen MR) is 80.2 cm³/mol. The number of anilines is 1. The molecular weight excluding hydrogens is 315 g/mol. The second-order valence-corrected chi connectivity index (χ2v) is 5.83. The highest BCUT2D eigenvalue weighted by Crippen LogP contribution is 2.35. The highest BCUT2D eigenvalue weighted by Gasteiger charge is 2.34. The third-order valence-corrected chi connectivity index (χ3v) is 4.05. The van der Waals surface area contributed by atoms with E-state index in [0.717, 1.165) is 32.1 Å². The number of quaternary nitrogens is 1. The Balaban J connectivity index is 2.17. The summed E-state index contributed by atoms with van der Waals surface area (Å²) in [5, 5.41) is 3.35. The number of hydrogen-bond acceptors (Lipinski definition) is 2. The van der Waals surface area contributed by atoms with Gasteiger partial charge in [-0.25, -0.2) is 4.98 Å². The first kappa shape index (κ1) is 15.4. The number of alkyl halides is 3. The van der Waals surface area contributed by atoms with Crippen LogP contribution in [0.5, 0.6) is 0 Å². The normalized spacial score (nSPS) is 16.8. The molecule has 0 aliphatic carbocycles. The Morgan fingerprint density at radius 2 is 1.95 bits per heavy atom. The Bertz CT molecular complexity index is 680. The SMILES string of the molecule is FC(F)(F)c1cc(N2CCC[NH2+]CC2)c2cc(Cl)ccc2n1. The highest BCUT2D eigenvalue weighted by molar-refractivity contribution is 6.31. The summed E-state index contributed by atoms with van der Waals surface area (Å²) in [7, 11) is 0. The molecule has 0 atom stereocenters. The largest absolute Gasteiger partial charge is 0.433 e. The molecule has 1 aliphatic heterocycles. The minimum atomic E-state index is -4.46. The molecule has 0 unspecified atom stereocenters. The molecular formula is C15H16ClF3N3+. The van der Waals surface area contributed by atoms with Gasteiger partial charge in [0.05, 0.1) is 25.2 Å². The number of aromatic nitrogens is 1. The van der Waals surface area contributed by atoms with E-state index < -0.39 is 11.9 Å². The van der Waals surface area contributed by atoms with Gasteiger partial charge in [0, 0.05) is 29.1 Å². The fraction of sp³-hybridized carbons (Fsp3) is 0.400. The smallest absolute Gasteiger partial charge is 0.365 e. The molecule has 118 valence electrons. The molecule has 7 heteroatoms. The van der Waals surface area contributed by atoms with Crippen molar-refractivity contribution in [2.45, 2.75) is 12.6 Å². The van der Waals surface area contributed by atoms with Gasteiger partial charge in [-0.1, -0.05) is 11.6 Å². The van der Waals surface area contributed by atoms with E-state index in [9.17, 15) is 13.2 Å². The van der Waals surface area contributed by atoms with Gasteiger partial charge in [-0.05, 0) is 24.3 Å². The first-order valence-electron chi connectivity index (χ1n) is 7.19. The Kier molecular flexibility index (Phi) is 4.14. The van der Waals surface area contributed by atoms with E-state index in [1.54, 1.807) is 18.2 Å². The minimum Gasteiger partial charge on any atom is -0.365 e. The summed E-state index contributed by atoms with van der Waals surface area (Å²) in [6.07, 6.45) is -3.52. The molecule has 0 spiro atoms. The second-order valence-electron chi connectivity index (χ2n) is 5.39. The summed E-state index contributed by atoms with van der Waals surface area (Å²) in [5.74, 6) is 0. The molecule has 2 heterocycles. The van der Waals surface area contributed by atoms with Gasteiger partial charge in [0.15, 0.2) is 0 Å². The average Bonchev–Trinajstić information content (AvgIpc) is 2.74. The zero-order chi connectivity index (χ0) is 15.7. The van der Waals surface area contributed by atoms with Crippen molar-refractivity contribution in [2.24, 2.45) is 0 Å². The number of nitrogens with two attached hydrogens (primary N) is 1. The third-order valence-electron chi connectivity index (χ3n) is 3.82. The zero-order valence-corrected chi connectivity index (χ0v) is 12.6. The van der Waals surface area contributed by atoms with Crippen molar-refractivity contribution in [2.75, 3.05) is 31.1 Å². The number of nitrogens with zero attached hydrogens (tertiary/aromatic N) is 2. The van der Waals surface area contributed by atoms with Gasteiger partial charge in [-0.15, -0.1) is 0 Å². The van der Waals surface area contributed by atoms with E-state index in [1.165, 1.54) is 0 Å². The molecule has 2 aromatic rings. The average molecular weight is 331 g/mol. The van der Waals surface area contributed by atoms with Gasteiger partial charge in [-0.2, -0.15) is 13.2 Å². The van der Waals surface area contributed by atoms with Crippen LogP contribution in [-0.4, -0.2) is 31.2 Å². The van der Waals surface area contributed by atoms with Gasteiger partial charge in [-0.3, -0.25) is 0 Å². The quantitative estimate of drug-likeness (QED) is 0.872. The van der Waals surface area contributed by atoms with Crippen LogP contribution in [0, 0.1) is 0 Å². The summed E-state index contributed by atoms with van der Waals surface area (Å²) in [4.78, 5) is 5.75. The lowest BCUT2D eigenvalue weighted by Gasteiger charge is -2.24. The van der Waals surface area contributed by atoms with Crippen molar-refractivity contribution >= 4 is 28.2 Å². The van der Waals surface area contributed by atoms with Crippen LogP contribution in [0.2, 0.25) is 5.02 Å². The lowest BCUT2D eigenvalue weighted by Crippen LogP contribution is -2.84. The van der Waals surface area contributed by atoms with Crippen molar-refractivity contribution in [3.05, 3.63) is 35.0 Å². The fourth-order valence-electron chi connectivity index (χ4n) is 2.76. The van der Waals surface area contributed by atoms with Crippen molar-refractivity contribution in [1.29, 1.82) is 0 Å². The van der Waals surface area contributed by atoms with Crippen molar-refractivity contribution in [3.8, 4) is 0 Å². The summed E-state index contributed by atoms with van der Waals surface area (Å²) in [6.45, 7) is 3.31. The predicted octanol–water partition coefficient (Wildman–Crippen LogP) is 2.68. The standard InChI is InChI=1S/C15H15ClF3N3/c16-10-2-3-12-11(8-10)13(9-14(21-12)15(17,18)19)22-6-1-4-20-5-7-22/h2-3,8-9,20H,1,4-7H2/p+1. The first-order valence-corrected chi connectivity index (χ1v) is 7.57. The number of halogens is 4. The molecule has 1 fully saturated rings. The maximum absolute atomic E-state index is 13.1. The van der Waals surface area contributed by atoms with Crippen molar-refractivity contribution in [1.82, 2.24) is 4.98 Å². The van der Waals surface area contributed by atoms with Crippen LogP contribution in [0.3, 0.4) is 0 Å². The highest BCUT2D eigenvalue weighted by atomic mass is 35.5. The third kappa shape index (κ3) is 3.13. The van der Waals surface area contributed by atoms with Crippen LogP contribution in [0.25, 0.3) is 10.9 Å². The van der Waals surface area contributed by atoms with Gasteiger partial charge in [0.1, 0.15) is 5.69 Å². The number of benzene rings is 1. The molecule has 0 radical (unpaired) electrons. The first-order chi connectivity index (χ1) is 10.4. The Morgan fingerprint density at radius 1 is 1.14 bits per heavy atom. The molecule has 3 rings (SSSR count). The molecule has 1 aliphatic rings. The number of rotatable bonds is 1. The molecule has 0 amide bonds. The fourth-order valence-corrected chi connectivity index (χ4v) is 2.93. The maximum atomic E-state index is 13.1. The van der Waals surface area contributed by atoms with Crippen molar-refractivity contribution < 1.29 is 18.5 Å². The molecule has 0 saturated carbocycles. The topological polar surface area (TPSA) is 32.7 Å². The molecule has 22 heavy (non-hydrogen) atoms. The van der Waals surface area contributed by atoms with E-state index in [4.69, 9.17) is 11.6 Å². The Morgan fingerprint density at radius 3 is 2.73 bits per heavy atom. The molecule has 2 N–H and O–H groups in total. The summed E-state index contributed by atoms with van der Waals surface area (Å²) < 4.78 is 39.3. The van der Waals surface area contributed by atoms with E-state index >= 15 is 0 Å². The second kappa shape index (κ2) is 5.93. The Labute approximate surface area is 131 Å². The van der Waals surface area contributed by atoms with Gasteiger partial charge in [0.2, 0.25) is 0 Å². The molecule has 1 saturated heterocycles. The van der Waals surface area contributed by atoms with Crippen LogP contribution >= 0.6 is 11.6 Å².